The Kier molecular flexibility index (Phi) is 2.75. The normalized spacial score (nSPS) is 40.3. The number of esters is 1. The number of hydrogen-bond acceptors (Lipinski definition) is 4. The fourth-order valence-corrected chi connectivity index (χ4v) is 3.60. The lowest BCUT2D eigenvalue weighted by molar-refractivity contribution is -0.158. The van der Waals surface area contributed by atoms with Gasteiger partial charge in [0.15, 0.2) is 5.79 Å². The average Bonchev–Trinajstić information content (AvgIpc) is 2.83. The third-order valence-electron chi connectivity index (χ3n) is 4.17. The lowest BCUT2D eigenvalue weighted by Crippen LogP contribution is -2.28. The second kappa shape index (κ2) is 4.07. The van der Waals surface area contributed by atoms with Crippen molar-refractivity contribution < 1.29 is 19.0 Å². The molecule has 1 aliphatic heterocycles. The molecule has 4 atom stereocenters. The van der Waals surface area contributed by atoms with Crippen LogP contribution in [0.2, 0.25) is 0 Å². The minimum absolute atomic E-state index is 0.134. The zero-order valence-electron chi connectivity index (χ0n) is 11.1. The second-order valence-corrected chi connectivity index (χ2v) is 5.96. The maximum Gasteiger partial charge on any atom is 0.302 e. The zero-order chi connectivity index (χ0) is 12.9. The van der Waals surface area contributed by atoms with Crippen LogP contribution in [0.5, 0.6) is 0 Å². The van der Waals surface area contributed by atoms with E-state index in [9.17, 15) is 4.79 Å². The molecule has 100 valence electrons. The highest BCUT2D eigenvalue weighted by molar-refractivity contribution is 5.66. The standard InChI is InChI=1S/C14H20O4/c1-8(15)16-7-10-5-4-9-6-11-13(12(9)10)18-14(2,3)17-11/h5,9,11-13H,4,6-7H2,1-3H3/t9-,11-,12+,13-/m1/s1. The molecule has 0 unspecified atom stereocenters. The van der Waals surface area contributed by atoms with Gasteiger partial charge in [0.2, 0.25) is 0 Å². The van der Waals surface area contributed by atoms with Crippen LogP contribution in [0.15, 0.2) is 11.6 Å². The summed E-state index contributed by atoms with van der Waals surface area (Å²) in [7, 11) is 0. The molecule has 0 aromatic rings. The highest BCUT2D eigenvalue weighted by Crippen LogP contribution is 2.51. The Morgan fingerprint density at radius 3 is 3.00 bits per heavy atom. The predicted octanol–water partition coefficient (Wildman–Crippen LogP) is 2.04. The van der Waals surface area contributed by atoms with Gasteiger partial charge in [0.25, 0.3) is 0 Å². The first kappa shape index (κ1) is 12.2. The van der Waals surface area contributed by atoms with Crippen molar-refractivity contribution in [3.63, 3.8) is 0 Å². The van der Waals surface area contributed by atoms with Crippen molar-refractivity contribution in [1.82, 2.24) is 0 Å². The lowest BCUT2D eigenvalue weighted by atomic mass is 9.93. The minimum Gasteiger partial charge on any atom is -0.461 e. The molecule has 1 saturated carbocycles. The molecule has 1 saturated heterocycles. The van der Waals surface area contributed by atoms with Gasteiger partial charge in [-0.2, -0.15) is 0 Å². The Balaban J connectivity index is 1.71. The topological polar surface area (TPSA) is 44.8 Å². The van der Waals surface area contributed by atoms with Crippen LogP contribution in [0.1, 0.15) is 33.6 Å². The number of carbonyl (C=O) groups is 1. The highest BCUT2D eigenvalue weighted by atomic mass is 16.8. The number of ether oxygens (including phenoxy) is 3. The van der Waals surface area contributed by atoms with E-state index in [1.54, 1.807) is 0 Å². The molecule has 3 aliphatic rings. The maximum atomic E-state index is 10.9. The van der Waals surface area contributed by atoms with Gasteiger partial charge >= 0.3 is 5.97 Å². The summed E-state index contributed by atoms with van der Waals surface area (Å²) in [5, 5.41) is 0. The van der Waals surface area contributed by atoms with Crippen LogP contribution >= 0.6 is 0 Å². The van der Waals surface area contributed by atoms with E-state index in [0.717, 1.165) is 12.8 Å². The van der Waals surface area contributed by atoms with Gasteiger partial charge in [0.1, 0.15) is 6.61 Å². The summed E-state index contributed by atoms with van der Waals surface area (Å²) in [6.07, 6.45) is 4.66. The van der Waals surface area contributed by atoms with Gasteiger partial charge < -0.3 is 14.2 Å². The lowest BCUT2D eigenvalue weighted by Gasteiger charge is -2.24. The summed E-state index contributed by atoms with van der Waals surface area (Å²) in [5.74, 6) is 0.269. The Labute approximate surface area is 107 Å². The first-order valence-electron chi connectivity index (χ1n) is 6.64. The summed E-state index contributed by atoms with van der Waals surface area (Å²) < 4.78 is 17.1. The van der Waals surface area contributed by atoms with Gasteiger partial charge in [-0.1, -0.05) is 6.08 Å². The summed E-state index contributed by atoms with van der Waals surface area (Å²) in [6.45, 7) is 5.78. The van der Waals surface area contributed by atoms with E-state index in [4.69, 9.17) is 14.2 Å². The van der Waals surface area contributed by atoms with Gasteiger partial charge in [0.05, 0.1) is 12.2 Å². The Hall–Kier alpha value is -0.870. The van der Waals surface area contributed by atoms with Crippen LogP contribution in [0.4, 0.5) is 0 Å². The molecule has 0 aromatic heterocycles. The van der Waals surface area contributed by atoms with Crippen molar-refractivity contribution in [2.24, 2.45) is 11.8 Å². The number of carbonyl (C=O) groups excluding carboxylic acids is 1. The quantitative estimate of drug-likeness (QED) is 0.557. The Morgan fingerprint density at radius 2 is 2.28 bits per heavy atom. The van der Waals surface area contributed by atoms with Crippen LogP contribution in [0.3, 0.4) is 0 Å². The minimum atomic E-state index is -0.477. The Morgan fingerprint density at radius 1 is 1.50 bits per heavy atom. The molecule has 2 fully saturated rings. The van der Waals surface area contributed by atoms with Crippen molar-refractivity contribution in [3.05, 3.63) is 11.6 Å². The summed E-state index contributed by atoms with van der Waals surface area (Å²) >= 11 is 0. The van der Waals surface area contributed by atoms with Crippen LogP contribution in [0.25, 0.3) is 0 Å². The SMILES string of the molecule is CC(=O)OCC1=CC[C@@H]2C[C@H]3OC(C)(C)O[C@H]3[C@H]12. The fourth-order valence-electron chi connectivity index (χ4n) is 3.60. The molecule has 0 spiro atoms. The van der Waals surface area contributed by atoms with E-state index in [-0.39, 0.29) is 18.2 Å². The maximum absolute atomic E-state index is 10.9. The van der Waals surface area contributed by atoms with Crippen LogP contribution in [0, 0.1) is 11.8 Å². The third-order valence-corrected chi connectivity index (χ3v) is 4.17. The van der Waals surface area contributed by atoms with Crippen molar-refractivity contribution in [2.75, 3.05) is 6.61 Å². The van der Waals surface area contributed by atoms with E-state index in [0.29, 0.717) is 18.4 Å². The van der Waals surface area contributed by atoms with E-state index in [2.05, 4.69) is 6.08 Å². The molecular weight excluding hydrogens is 232 g/mol. The van der Waals surface area contributed by atoms with Crippen molar-refractivity contribution >= 4 is 5.97 Å². The molecule has 0 radical (unpaired) electrons. The number of hydrogen-bond donors (Lipinski definition) is 0. The number of rotatable bonds is 2. The molecule has 4 nitrogen and oxygen atoms in total. The van der Waals surface area contributed by atoms with Crippen molar-refractivity contribution in [2.45, 2.75) is 51.6 Å². The zero-order valence-corrected chi connectivity index (χ0v) is 11.1. The van der Waals surface area contributed by atoms with E-state index in [1.807, 2.05) is 13.8 Å². The van der Waals surface area contributed by atoms with Gasteiger partial charge in [-0.15, -0.1) is 0 Å². The molecule has 1 heterocycles. The van der Waals surface area contributed by atoms with Gasteiger partial charge in [0, 0.05) is 12.8 Å². The summed E-state index contributed by atoms with van der Waals surface area (Å²) in [4.78, 5) is 10.9. The van der Waals surface area contributed by atoms with E-state index < -0.39 is 5.79 Å². The molecular formula is C14H20O4. The molecule has 3 rings (SSSR count). The van der Waals surface area contributed by atoms with Crippen LogP contribution < -0.4 is 0 Å². The smallest absolute Gasteiger partial charge is 0.302 e. The molecule has 0 aromatic carbocycles. The monoisotopic (exact) mass is 252 g/mol. The highest BCUT2D eigenvalue weighted by Gasteiger charge is 2.55. The second-order valence-electron chi connectivity index (χ2n) is 5.96. The third kappa shape index (κ3) is 1.97. The predicted molar refractivity (Wildman–Crippen MR) is 64.8 cm³/mol. The molecule has 0 N–H and O–H groups in total. The van der Waals surface area contributed by atoms with Gasteiger partial charge in [-0.05, 0) is 38.2 Å². The molecule has 0 amide bonds. The molecule has 0 bridgehead atoms. The molecule has 4 heteroatoms. The van der Waals surface area contributed by atoms with E-state index in [1.165, 1.54) is 12.5 Å². The van der Waals surface area contributed by atoms with E-state index >= 15 is 0 Å². The first-order chi connectivity index (χ1) is 8.46. The van der Waals surface area contributed by atoms with Gasteiger partial charge in [-0.3, -0.25) is 4.79 Å². The fraction of sp³-hybridized carbons (Fsp3) is 0.786. The van der Waals surface area contributed by atoms with Gasteiger partial charge in [-0.25, -0.2) is 0 Å². The first-order valence-corrected chi connectivity index (χ1v) is 6.64. The molecule has 2 aliphatic carbocycles. The summed E-state index contributed by atoms with van der Waals surface area (Å²) in [5.41, 5.74) is 1.21. The van der Waals surface area contributed by atoms with Crippen LogP contribution in [-0.4, -0.2) is 30.6 Å². The summed E-state index contributed by atoms with van der Waals surface area (Å²) in [6, 6.07) is 0. The number of allylic oxidation sites excluding steroid dienone is 1. The molecule has 18 heavy (non-hydrogen) atoms. The van der Waals surface area contributed by atoms with Crippen LogP contribution in [-0.2, 0) is 19.0 Å². The Bertz CT molecular complexity index is 399. The van der Waals surface area contributed by atoms with Crippen molar-refractivity contribution in [1.29, 1.82) is 0 Å². The van der Waals surface area contributed by atoms with Crippen molar-refractivity contribution in [3.8, 4) is 0 Å². The largest absolute Gasteiger partial charge is 0.461 e. The number of fused-ring (bicyclic) bond motifs is 3. The average molecular weight is 252 g/mol.